The molecule has 1 heterocycles. The standard InChI is InChI=1S/C18H15ClFN3O4S/c1-2-27-18(24)16-11-21-23(14-8-6-12(19)7-9-14)17(16)22-28(25,26)15-5-3-4-13(20)10-15/h3-11,22H,2H2,1H3. The number of sulfonamides is 1. The molecule has 3 rings (SSSR count). The molecule has 0 saturated carbocycles. The molecule has 0 spiro atoms. The van der Waals surface area contributed by atoms with E-state index in [4.69, 9.17) is 16.3 Å². The molecule has 0 aliphatic carbocycles. The molecule has 0 fully saturated rings. The van der Waals surface area contributed by atoms with E-state index in [1.165, 1.54) is 23.0 Å². The van der Waals surface area contributed by atoms with Crippen LogP contribution in [0.1, 0.15) is 17.3 Å². The molecule has 2 aromatic carbocycles. The monoisotopic (exact) mass is 423 g/mol. The molecule has 0 atom stereocenters. The first-order valence-corrected chi connectivity index (χ1v) is 9.97. The lowest BCUT2D eigenvalue weighted by Crippen LogP contribution is -2.18. The van der Waals surface area contributed by atoms with E-state index in [2.05, 4.69) is 9.82 Å². The predicted octanol–water partition coefficient (Wildman–Crippen LogP) is 3.64. The van der Waals surface area contributed by atoms with Crippen LogP contribution in [-0.4, -0.2) is 30.8 Å². The van der Waals surface area contributed by atoms with E-state index < -0.39 is 21.8 Å². The van der Waals surface area contributed by atoms with Crippen molar-refractivity contribution in [3.8, 4) is 5.69 Å². The third-order valence-corrected chi connectivity index (χ3v) is 5.26. The van der Waals surface area contributed by atoms with Gasteiger partial charge in [0.15, 0.2) is 5.82 Å². The predicted molar refractivity (Wildman–Crippen MR) is 102 cm³/mol. The van der Waals surface area contributed by atoms with Crippen LogP contribution < -0.4 is 4.72 Å². The molecule has 0 saturated heterocycles. The van der Waals surface area contributed by atoms with Gasteiger partial charge < -0.3 is 4.74 Å². The Morgan fingerprint density at radius 2 is 1.96 bits per heavy atom. The quantitative estimate of drug-likeness (QED) is 0.611. The number of rotatable bonds is 6. The lowest BCUT2D eigenvalue weighted by Gasteiger charge is -2.13. The molecule has 0 aliphatic rings. The number of anilines is 1. The molecule has 7 nitrogen and oxygen atoms in total. The number of carbonyl (C=O) groups excluding carboxylic acids is 1. The zero-order valence-corrected chi connectivity index (χ0v) is 16.2. The maximum Gasteiger partial charge on any atom is 0.343 e. The summed E-state index contributed by atoms with van der Waals surface area (Å²) in [6.45, 7) is 1.72. The molecular weight excluding hydrogens is 409 g/mol. The van der Waals surface area contributed by atoms with Crippen LogP contribution in [0.5, 0.6) is 0 Å². The van der Waals surface area contributed by atoms with Crippen LogP contribution in [0, 0.1) is 5.82 Å². The summed E-state index contributed by atoms with van der Waals surface area (Å²) in [5.41, 5.74) is 0.369. The largest absolute Gasteiger partial charge is 0.462 e. The number of nitrogens with zero attached hydrogens (tertiary/aromatic N) is 2. The number of ether oxygens (including phenoxy) is 1. The molecule has 28 heavy (non-hydrogen) atoms. The van der Waals surface area contributed by atoms with Gasteiger partial charge in [-0.1, -0.05) is 17.7 Å². The smallest absolute Gasteiger partial charge is 0.343 e. The number of esters is 1. The van der Waals surface area contributed by atoms with Crippen LogP contribution >= 0.6 is 11.6 Å². The average molecular weight is 424 g/mol. The maximum atomic E-state index is 13.5. The van der Waals surface area contributed by atoms with Gasteiger partial charge in [0.25, 0.3) is 10.0 Å². The highest BCUT2D eigenvalue weighted by molar-refractivity contribution is 7.92. The molecule has 0 amide bonds. The molecule has 0 radical (unpaired) electrons. The number of hydrogen-bond acceptors (Lipinski definition) is 5. The first kappa shape index (κ1) is 19.8. The number of benzene rings is 2. The molecule has 1 N–H and O–H groups in total. The highest BCUT2D eigenvalue weighted by Crippen LogP contribution is 2.25. The second-order valence-corrected chi connectivity index (χ2v) is 7.70. The van der Waals surface area contributed by atoms with Crippen molar-refractivity contribution >= 4 is 33.4 Å². The van der Waals surface area contributed by atoms with Crippen LogP contribution in [0.3, 0.4) is 0 Å². The van der Waals surface area contributed by atoms with Crippen molar-refractivity contribution in [3.05, 3.63) is 71.1 Å². The Morgan fingerprint density at radius 1 is 1.25 bits per heavy atom. The van der Waals surface area contributed by atoms with Crippen molar-refractivity contribution < 1.29 is 22.3 Å². The summed E-state index contributed by atoms with van der Waals surface area (Å²) in [5, 5.41) is 4.56. The average Bonchev–Trinajstić information content (AvgIpc) is 3.05. The van der Waals surface area contributed by atoms with Crippen LogP contribution in [0.4, 0.5) is 10.2 Å². The molecule has 3 aromatic rings. The normalized spacial score (nSPS) is 11.2. The van der Waals surface area contributed by atoms with Gasteiger partial charge in [-0.05, 0) is 49.4 Å². The van der Waals surface area contributed by atoms with Gasteiger partial charge in [-0.15, -0.1) is 0 Å². The maximum absolute atomic E-state index is 13.5. The third kappa shape index (κ3) is 4.15. The van der Waals surface area contributed by atoms with Gasteiger partial charge in [0.05, 0.1) is 23.4 Å². The summed E-state index contributed by atoms with van der Waals surface area (Å²) in [4.78, 5) is 11.9. The third-order valence-electron chi connectivity index (χ3n) is 3.67. The van der Waals surface area contributed by atoms with Gasteiger partial charge in [-0.2, -0.15) is 5.10 Å². The Bertz CT molecular complexity index is 1110. The fourth-order valence-corrected chi connectivity index (χ4v) is 3.62. The minimum atomic E-state index is -4.20. The Morgan fingerprint density at radius 3 is 2.61 bits per heavy atom. The summed E-state index contributed by atoms with van der Waals surface area (Å²) < 4.78 is 47.4. The minimum absolute atomic E-state index is 0.0863. The first-order valence-electron chi connectivity index (χ1n) is 8.11. The minimum Gasteiger partial charge on any atom is -0.462 e. The van der Waals surface area contributed by atoms with Gasteiger partial charge in [-0.25, -0.2) is 22.3 Å². The van der Waals surface area contributed by atoms with E-state index in [1.54, 1.807) is 31.2 Å². The topological polar surface area (TPSA) is 90.3 Å². The van der Waals surface area contributed by atoms with Crippen molar-refractivity contribution in [3.63, 3.8) is 0 Å². The lowest BCUT2D eigenvalue weighted by molar-refractivity contribution is 0.0527. The molecule has 0 aliphatic heterocycles. The van der Waals surface area contributed by atoms with E-state index in [1.807, 2.05) is 0 Å². The van der Waals surface area contributed by atoms with Gasteiger partial charge in [-0.3, -0.25) is 4.72 Å². The van der Waals surface area contributed by atoms with E-state index in [0.717, 1.165) is 12.1 Å². The first-order chi connectivity index (χ1) is 13.3. The molecule has 0 bridgehead atoms. The van der Waals surface area contributed by atoms with Crippen molar-refractivity contribution in [1.82, 2.24) is 9.78 Å². The van der Waals surface area contributed by atoms with E-state index in [0.29, 0.717) is 10.7 Å². The second-order valence-electron chi connectivity index (χ2n) is 5.58. The van der Waals surface area contributed by atoms with E-state index in [-0.39, 0.29) is 22.9 Å². The SMILES string of the molecule is CCOC(=O)c1cnn(-c2ccc(Cl)cc2)c1NS(=O)(=O)c1cccc(F)c1. The van der Waals surface area contributed by atoms with Gasteiger partial charge in [0.1, 0.15) is 11.4 Å². The summed E-state index contributed by atoms with van der Waals surface area (Å²) in [6.07, 6.45) is 1.19. The number of halogens is 2. The number of carbonyl (C=O) groups is 1. The van der Waals surface area contributed by atoms with Gasteiger partial charge >= 0.3 is 5.97 Å². The van der Waals surface area contributed by atoms with Crippen molar-refractivity contribution in [2.24, 2.45) is 0 Å². The van der Waals surface area contributed by atoms with E-state index in [9.17, 15) is 17.6 Å². The molecule has 1 aromatic heterocycles. The fourth-order valence-electron chi connectivity index (χ4n) is 2.40. The highest BCUT2D eigenvalue weighted by Gasteiger charge is 2.25. The van der Waals surface area contributed by atoms with Gasteiger partial charge in [0.2, 0.25) is 0 Å². The number of hydrogen-bond donors (Lipinski definition) is 1. The zero-order valence-electron chi connectivity index (χ0n) is 14.6. The van der Waals surface area contributed by atoms with Crippen LogP contribution in [0.25, 0.3) is 5.69 Å². The molecule has 10 heteroatoms. The Labute approximate surface area is 165 Å². The summed E-state index contributed by atoms with van der Waals surface area (Å²) in [6, 6.07) is 10.9. The van der Waals surface area contributed by atoms with Crippen LogP contribution in [-0.2, 0) is 14.8 Å². The summed E-state index contributed by atoms with van der Waals surface area (Å²) in [7, 11) is -4.20. The summed E-state index contributed by atoms with van der Waals surface area (Å²) >= 11 is 5.89. The van der Waals surface area contributed by atoms with Crippen molar-refractivity contribution in [2.45, 2.75) is 11.8 Å². The van der Waals surface area contributed by atoms with Crippen LogP contribution in [0.2, 0.25) is 5.02 Å². The van der Waals surface area contributed by atoms with Crippen molar-refractivity contribution in [1.29, 1.82) is 0 Å². The fraction of sp³-hybridized carbons (Fsp3) is 0.111. The van der Waals surface area contributed by atoms with Gasteiger partial charge in [0, 0.05) is 5.02 Å². The van der Waals surface area contributed by atoms with Crippen molar-refractivity contribution in [2.75, 3.05) is 11.3 Å². The Hall–Kier alpha value is -2.91. The lowest BCUT2D eigenvalue weighted by atomic mass is 10.3. The molecule has 146 valence electrons. The number of aromatic nitrogens is 2. The highest BCUT2D eigenvalue weighted by atomic mass is 35.5. The molecule has 0 unspecified atom stereocenters. The Balaban J connectivity index is 2.10. The Kier molecular flexibility index (Phi) is 5.66. The number of nitrogens with one attached hydrogen (secondary N) is 1. The summed E-state index contributed by atoms with van der Waals surface area (Å²) in [5.74, 6) is -1.59. The zero-order chi connectivity index (χ0) is 20.3. The second kappa shape index (κ2) is 7.99. The van der Waals surface area contributed by atoms with E-state index >= 15 is 0 Å². The molecular formula is C18H15ClFN3O4S. The van der Waals surface area contributed by atoms with Crippen LogP contribution in [0.15, 0.2) is 59.6 Å².